The molecule has 0 unspecified atom stereocenters. The Morgan fingerprint density at radius 3 is 1.38 bits per heavy atom. The highest BCUT2D eigenvalue weighted by molar-refractivity contribution is 7.51. The molecule has 10 nitrogen and oxygen atoms in total. The van der Waals surface area contributed by atoms with Crippen LogP contribution in [0.1, 0.15) is 20.7 Å². The molecule has 0 radical (unpaired) electrons. The Kier molecular flexibility index (Phi) is 12.8. The maximum Gasteiger partial charge on any atom is 0.186 e. The van der Waals surface area contributed by atoms with E-state index in [0.29, 0.717) is 11.1 Å². The summed E-state index contributed by atoms with van der Waals surface area (Å²) < 4.78 is 16.7. The van der Waals surface area contributed by atoms with Crippen LogP contribution in [0.2, 0.25) is 0 Å². The Morgan fingerprint density at radius 1 is 0.905 bits per heavy atom. The van der Waals surface area contributed by atoms with E-state index in [9.17, 15) is 9.59 Å². The van der Waals surface area contributed by atoms with Crippen LogP contribution in [0.5, 0.6) is 0 Å². The van der Waals surface area contributed by atoms with Gasteiger partial charge in [-0.15, -0.1) is 5.53 Å². The molecule has 0 saturated carbocycles. The first-order valence-electron chi connectivity index (χ1n) is 4.84. The average Bonchev–Trinajstić information content (AvgIpc) is 2.46. The minimum absolute atomic E-state index is 0.0924. The molecule has 0 spiro atoms. The second-order valence-electron chi connectivity index (χ2n) is 2.87. The number of carbonyl (C=O) groups is 2. The van der Waals surface area contributed by atoms with Gasteiger partial charge in [0.05, 0.1) is 0 Å². The lowest BCUT2D eigenvalue weighted by atomic mass is 9.95. The number of hydrogen-bond acceptors (Lipinski definition) is 6. The predicted octanol–water partition coefficient (Wildman–Crippen LogP) is 2.86. The number of thiol groups is 1. The van der Waals surface area contributed by atoms with Crippen molar-refractivity contribution in [2.45, 2.75) is 0 Å². The van der Waals surface area contributed by atoms with Crippen LogP contribution in [0.3, 0.4) is 0 Å². The van der Waals surface area contributed by atoms with E-state index in [1.807, 2.05) is 0 Å². The molecule has 21 heavy (non-hydrogen) atoms. The molecule has 1 N–H and O–H groups in total. The van der Waals surface area contributed by atoms with Crippen molar-refractivity contribution in [1.29, 1.82) is 5.53 Å². The maximum absolute atomic E-state index is 11.2. The van der Waals surface area contributed by atoms with Crippen molar-refractivity contribution in [2.24, 2.45) is 0 Å². The molecule has 0 bridgehead atoms. The van der Waals surface area contributed by atoms with Gasteiger partial charge in [0.1, 0.15) is 0 Å². The molecule has 11 heteroatoms. The topological polar surface area (TPSA) is 187 Å². The molecule has 1 aromatic carbocycles. The van der Waals surface area contributed by atoms with Crippen molar-refractivity contribution in [2.75, 3.05) is 0 Å². The second kappa shape index (κ2) is 13.3. The molecule has 110 valence electrons. The third-order valence-electron chi connectivity index (χ3n) is 1.84. The highest BCUT2D eigenvalue weighted by Gasteiger charge is 2.16. The van der Waals surface area contributed by atoms with Gasteiger partial charge in [-0.25, -0.2) is 0 Å². The Labute approximate surface area is 121 Å². The van der Waals surface area contributed by atoms with Gasteiger partial charge < -0.3 is 19.5 Å². The highest BCUT2D eigenvalue weighted by Crippen LogP contribution is 2.15. The largest absolute Gasteiger partial charge is 0.427 e. The summed E-state index contributed by atoms with van der Waals surface area (Å²) >= 11 is -1.08. The van der Waals surface area contributed by atoms with Gasteiger partial charge in [-0.05, 0) is 22.6 Å². The summed E-state index contributed by atoms with van der Waals surface area (Å²) in [6.07, 6.45) is 2.62. The van der Waals surface area contributed by atoms with E-state index in [4.69, 9.17) is 30.5 Å². The number of allylic oxidation sites excluding steroid dienone is 2. The lowest BCUT2D eigenvalue weighted by Crippen LogP contribution is -2.10. The van der Waals surface area contributed by atoms with Crippen LogP contribution in [0, 0.1) is 5.53 Å². The summed E-state index contributed by atoms with van der Waals surface area (Å²) in [6.45, 7) is 0. The van der Waals surface area contributed by atoms with Gasteiger partial charge in [0.2, 0.25) is 0 Å². The normalized spacial score (nSPS) is 9.90. The number of carbonyl (C=O) groups excluding carboxylic acids is 2. The highest BCUT2D eigenvalue weighted by atomic mass is 32.1. The van der Waals surface area contributed by atoms with Crippen LogP contribution >= 0.6 is 0 Å². The molecule has 1 aliphatic rings. The first-order chi connectivity index (χ1) is 10.0. The minimum Gasteiger partial charge on any atom is -0.427 e. The molecule has 0 fully saturated rings. The van der Waals surface area contributed by atoms with Crippen molar-refractivity contribution in [3.63, 3.8) is 0 Å². The zero-order valence-electron chi connectivity index (χ0n) is 10.3. The summed E-state index contributed by atoms with van der Waals surface area (Å²) in [4.78, 5) is 25.6. The van der Waals surface area contributed by atoms with Crippen molar-refractivity contribution in [1.82, 2.24) is 0 Å². The molecule has 0 aliphatic heterocycles. The lowest BCUT2D eigenvalue weighted by Gasteiger charge is -2.06. The molecule has 2 rings (SSSR count). The van der Waals surface area contributed by atoms with Gasteiger partial charge in [0, 0.05) is 11.1 Å². The Morgan fingerprint density at radius 2 is 1.14 bits per heavy atom. The summed E-state index contributed by atoms with van der Waals surface area (Å²) in [6, 6.07) is 6.84. The number of nitrogens with one attached hydrogen (secondary N) is 1. The maximum atomic E-state index is 11.2. The van der Waals surface area contributed by atoms with Gasteiger partial charge in [0.15, 0.2) is 11.6 Å². The van der Waals surface area contributed by atoms with Crippen LogP contribution < -0.4 is 0 Å². The van der Waals surface area contributed by atoms with Crippen LogP contribution in [0.4, 0.5) is 0 Å². The molecule has 0 atom stereocenters. The van der Waals surface area contributed by atoms with E-state index < -0.39 is 11.6 Å². The molecule has 1 aliphatic carbocycles. The lowest BCUT2D eigenvalue weighted by molar-refractivity contribution is 0.0994. The summed E-state index contributed by atoms with van der Waals surface area (Å²) in [5.74, 6) is -0.185. The second-order valence-corrected chi connectivity index (χ2v) is 3.02. The Hall–Kier alpha value is -3.13. The molecule has 0 aromatic heterocycles. The van der Waals surface area contributed by atoms with Gasteiger partial charge >= 0.3 is 0 Å². The third kappa shape index (κ3) is 8.56. The van der Waals surface area contributed by atoms with Crippen LogP contribution in [0.15, 0.2) is 36.4 Å². The predicted molar refractivity (Wildman–Crippen MR) is 73.9 cm³/mol. The molecular formula is C10H8N6O4S-2. The summed E-state index contributed by atoms with van der Waals surface area (Å²) in [7, 11) is 0. The van der Waals surface area contributed by atoms with E-state index in [-0.39, 0.29) is 11.6 Å². The number of rotatable bonds is 0. The minimum atomic E-state index is -1.08. The average molecular weight is 308 g/mol. The Bertz CT molecular complexity index is 573. The number of benzene rings is 1. The van der Waals surface area contributed by atoms with Crippen molar-refractivity contribution in [3.05, 3.63) is 74.0 Å². The fourth-order valence-corrected chi connectivity index (χ4v) is 1.24. The van der Waals surface area contributed by atoms with E-state index >= 15 is 0 Å². The molecule has 0 saturated heterocycles. The molecular weight excluding hydrogens is 300 g/mol. The zero-order valence-corrected chi connectivity index (χ0v) is 11.2. The first-order valence-corrected chi connectivity index (χ1v) is 5.57. The van der Waals surface area contributed by atoms with Crippen LogP contribution in [-0.2, 0) is 20.0 Å². The quantitative estimate of drug-likeness (QED) is 0.253. The number of fused-ring (bicyclic) bond motifs is 1. The SMILES string of the molecule is O=C1C=CC(=O)c2ccccc21.O=[SH-]=O.[N-]=[N+]=N.[N-]=[N+]=[N-]. The fourth-order valence-electron chi connectivity index (χ4n) is 1.24. The smallest absolute Gasteiger partial charge is 0.186 e. The fraction of sp³-hybridized carbons (Fsp3) is 0. The van der Waals surface area contributed by atoms with E-state index in [2.05, 4.69) is 0 Å². The van der Waals surface area contributed by atoms with Crippen molar-refractivity contribution >= 4 is 23.1 Å². The van der Waals surface area contributed by atoms with Crippen LogP contribution in [-0.4, -0.2) is 11.6 Å². The van der Waals surface area contributed by atoms with Gasteiger partial charge in [-0.2, -0.15) is 0 Å². The van der Waals surface area contributed by atoms with Crippen molar-refractivity contribution < 1.29 is 18.0 Å². The van der Waals surface area contributed by atoms with Gasteiger partial charge in [-0.1, -0.05) is 35.8 Å². The van der Waals surface area contributed by atoms with Crippen LogP contribution in [0.25, 0.3) is 26.4 Å². The first kappa shape index (κ1) is 20.2. The van der Waals surface area contributed by atoms with E-state index in [1.165, 1.54) is 17.1 Å². The van der Waals surface area contributed by atoms with Gasteiger partial charge in [-0.3, -0.25) is 14.5 Å². The number of ketones is 2. The Balaban J connectivity index is 0. The summed E-state index contributed by atoms with van der Waals surface area (Å²) in [5, 5.41) is 0. The number of hydrogen-bond donors (Lipinski definition) is 1. The molecule has 0 amide bonds. The summed E-state index contributed by atoms with van der Waals surface area (Å²) in [5.41, 5.74) is 26.8. The number of nitrogens with zero attached hydrogens (tertiary/aromatic N) is 5. The zero-order chi connectivity index (χ0) is 16.7. The van der Waals surface area contributed by atoms with E-state index in [0.717, 1.165) is 0 Å². The standard InChI is InChI=1S/C10H6O2.HN3.N3.HO2S/c11-9-5-6-10(12)8-4-2-1-3-7(8)9;3*1-3-2/h1-6H;1H;;3H/q;;2*-1. The molecule has 0 heterocycles. The van der Waals surface area contributed by atoms with E-state index in [1.54, 1.807) is 29.2 Å². The van der Waals surface area contributed by atoms with Crippen molar-refractivity contribution in [3.8, 4) is 0 Å². The van der Waals surface area contributed by atoms with Gasteiger partial charge in [0.25, 0.3) is 0 Å². The molecule has 1 aromatic rings. The third-order valence-corrected chi connectivity index (χ3v) is 1.84. The monoisotopic (exact) mass is 308 g/mol.